The van der Waals surface area contributed by atoms with E-state index < -0.39 is 27.1 Å². The summed E-state index contributed by atoms with van der Waals surface area (Å²) >= 11 is 0. The van der Waals surface area contributed by atoms with Gasteiger partial charge in [-0.1, -0.05) is 38.8 Å². The quantitative estimate of drug-likeness (QED) is 0.198. The lowest BCUT2D eigenvalue weighted by atomic mass is 10.1. The average molecular weight is 583 g/mol. The first kappa shape index (κ1) is 29.9. The molecule has 0 bridgehead atoms. The summed E-state index contributed by atoms with van der Waals surface area (Å²) in [5.74, 6) is 6.95. The number of hydrogen-bond donors (Lipinski definition) is 2. The maximum absolute atomic E-state index is 12.4. The molecular weight excluding hydrogens is 549 g/mol. The summed E-state index contributed by atoms with van der Waals surface area (Å²) in [6.45, 7) is 11.0. The molecule has 2 amide bonds. The van der Waals surface area contributed by atoms with Crippen molar-refractivity contribution in [3.05, 3.63) is 72.6 Å². The molecule has 0 fully saturated rings. The lowest BCUT2D eigenvalue weighted by Crippen LogP contribution is -2.41. The molecule has 0 aliphatic rings. The number of nitrogens with one attached hydrogen (secondary N) is 2. The van der Waals surface area contributed by atoms with Gasteiger partial charge in [0.25, 0.3) is 0 Å². The Kier molecular flexibility index (Phi) is 8.60. The summed E-state index contributed by atoms with van der Waals surface area (Å²) in [6.07, 6.45) is 2.66. The van der Waals surface area contributed by atoms with Crippen LogP contribution in [0.5, 0.6) is 0 Å². The predicted octanol–water partition coefficient (Wildman–Crippen LogP) is 6.30. The number of amides is 2. The van der Waals surface area contributed by atoms with E-state index in [0.717, 1.165) is 16.8 Å². The van der Waals surface area contributed by atoms with Crippen LogP contribution in [0.2, 0.25) is 18.1 Å². The van der Waals surface area contributed by atoms with Gasteiger partial charge in [0.2, 0.25) is 0 Å². The van der Waals surface area contributed by atoms with Gasteiger partial charge in [-0.05, 0) is 48.3 Å². The summed E-state index contributed by atoms with van der Waals surface area (Å²) in [7, 11) is -1.83. The molecule has 216 valence electrons. The summed E-state index contributed by atoms with van der Waals surface area (Å²) in [6, 6.07) is 9.57. The van der Waals surface area contributed by atoms with E-state index in [1.807, 2.05) is 39.6 Å². The highest BCUT2D eigenvalue weighted by Crippen LogP contribution is 2.36. The number of benzene rings is 1. The normalized spacial score (nSPS) is 12.2. The lowest BCUT2D eigenvalue weighted by molar-refractivity contribution is -0.122. The molecule has 3 heterocycles. The minimum Gasteiger partial charge on any atom is -0.415 e. The number of urea groups is 1. The van der Waals surface area contributed by atoms with Crippen LogP contribution in [-0.2, 0) is 11.0 Å². The molecule has 4 aromatic rings. The molecule has 4 rings (SSSR count). The highest BCUT2D eigenvalue weighted by Gasteiger charge is 2.36. The van der Waals surface area contributed by atoms with Gasteiger partial charge in [0.1, 0.15) is 12.2 Å². The fourth-order valence-electron chi connectivity index (χ4n) is 3.74. The summed E-state index contributed by atoms with van der Waals surface area (Å²) in [4.78, 5) is 20.7. The zero-order valence-electron chi connectivity index (χ0n) is 23.6. The summed E-state index contributed by atoms with van der Waals surface area (Å²) < 4.78 is 47.2. The molecule has 0 radical (unpaired) electrons. The molecule has 0 saturated heterocycles. The van der Waals surface area contributed by atoms with Crippen molar-refractivity contribution in [3.63, 3.8) is 0 Å². The van der Waals surface area contributed by atoms with Gasteiger partial charge in [0.15, 0.2) is 14.1 Å². The monoisotopic (exact) mass is 582 g/mol. The Morgan fingerprint density at radius 1 is 1.07 bits per heavy atom. The zero-order valence-corrected chi connectivity index (χ0v) is 24.6. The van der Waals surface area contributed by atoms with Crippen LogP contribution in [0.25, 0.3) is 16.9 Å². The van der Waals surface area contributed by atoms with E-state index in [0.29, 0.717) is 30.3 Å². The Morgan fingerprint density at radius 3 is 2.59 bits per heavy atom. The predicted molar refractivity (Wildman–Crippen MR) is 155 cm³/mol. The van der Waals surface area contributed by atoms with Crippen LogP contribution in [0.15, 0.2) is 61.2 Å². The van der Waals surface area contributed by atoms with E-state index in [2.05, 4.69) is 61.0 Å². The van der Waals surface area contributed by atoms with Crippen molar-refractivity contribution in [1.29, 1.82) is 0 Å². The zero-order chi connectivity index (χ0) is 29.8. The van der Waals surface area contributed by atoms with Gasteiger partial charge < -0.3 is 19.6 Å². The van der Waals surface area contributed by atoms with Gasteiger partial charge in [-0.15, -0.1) is 0 Å². The number of carbonyl (C=O) groups is 1. The molecule has 2 N–H and O–H groups in total. The second-order valence-corrected chi connectivity index (χ2v) is 15.9. The maximum Gasteiger partial charge on any atom is 0.405 e. The van der Waals surface area contributed by atoms with Crippen molar-refractivity contribution in [2.75, 3.05) is 18.5 Å². The third-order valence-electron chi connectivity index (χ3n) is 7.01. The van der Waals surface area contributed by atoms with Crippen LogP contribution in [0.4, 0.5) is 23.7 Å². The van der Waals surface area contributed by atoms with Crippen molar-refractivity contribution in [2.45, 2.75) is 51.6 Å². The Labute approximate surface area is 238 Å². The molecule has 8 nitrogen and oxygen atoms in total. The number of nitrogens with zero attached hydrogens (tertiary/aromatic N) is 4. The maximum atomic E-state index is 12.4. The first-order chi connectivity index (χ1) is 19.2. The molecule has 0 unspecified atom stereocenters. The van der Waals surface area contributed by atoms with E-state index in [9.17, 15) is 18.0 Å². The Hall–Kier alpha value is -4.08. The van der Waals surface area contributed by atoms with E-state index in [1.165, 1.54) is 0 Å². The van der Waals surface area contributed by atoms with Crippen LogP contribution in [0, 0.1) is 11.8 Å². The molecule has 1 aromatic carbocycles. The Bertz CT molecular complexity index is 1590. The Morgan fingerprint density at radius 2 is 1.85 bits per heavy atom. The number of halogens is 3. The highest BCUT2D eigenvalue weighted by atomic mass is 28.4. The second-order valence-electron chi connectivity index (χ2n) is 11.1. The fraction of sp³-hybridized carbons (Fsp3) is 0.345. The minimum absolute atomic E-state index is 0.145. The number of aromatic nitrogens is 4. The molecule has 0 aliphatic heterocycles. The van der Waals surface area contributed by atoms with E-state index in [1.54, 1.807) is 35.9 Å². The number of fused-ring (bicyclic) bond motifs is 1. The highest BCUT2D eigenvalue weighted by molar-refractivity contribution is 6.74. The number of rotatable bonds is 7. The standard InChI is InChI=1S/C29H33F3N6O2Si/c1-28(2,3)41(4,5)40-16-15-37-14-12-33-25(37)10-9-21-11-13-38-24(19-34-26(38)17-21)22-7-6-8-23(18-22)36-27(39)35-20-29(30,31)32/h6-8,11-14,17-19H,15-16,20H2,1-5H3,(H2,35,36,39). The number of anilines is 1. The van der Waals surface area contributed by atoms with E-state index in [-0.39, 0.29) is 5.04 Å². The van der Waals surface area contributed by atoms with Gasteiger partial charge in [-0.2, -0.15) is 13.2 Å². The van der Waals surface area contributed by atoms with Crippen molar-refractivity contribution < 1.29 is 22.4 Å². The van der Waals surface area contributed by atoms with Gasteiger partial charge in [0, 0.05) is 41.9 Å². The largest absolute Gasteiger partial charge is 0.415 e. The van der Waals surface area contributed by atoms with Crippen molar-refractivity contribution >= 4 is 25.7 Å². The van der Waals surface area contributed by atoms with E-state index >= 15 is 0 Å². The summed E-state index contributed by atoms with van der Waals surface area (Å²) in [5.41, 5.74) is 3.26. The molecule has 3 aromatic heterocycles. The molecule has 0 atom stereocenters. The number of imidazole rings is 2. The Balaban J connectivity index is 1.45. The number of carbonyl (C=O) groups excluding carboxylic acids is 1. The fourth-order valence-corrected chi connectivity index (χ4v) is 4.78. The van der Waals surface area contributed by atoms with Gasteiger partial charge in [-0.3, -0.25) is 4.40 Å². The van der Waals surface area contributed by atoms with Crippen molar-refractivity contribution in [3.8, 4) is 23.1 Å². The van der Waals surface area contributed by atoms with E-state index in [4.69, 9.17) is 4.43 Å². The molecule has 41 heavy (non-hydrogen) atoms. The molecule has 0 aliphatic carbocycles. The van der Waals surface area contributed by atoms with Crippen LogP contribution in [0.3, 0.4) is 0 Å². The number of hydrogen-bond acceptors (Lipinski definition) is 4. The third kappa shape index (κ3) is 7.77. The van der Waals surface area contributed by atoms with Crippen molar-refractivity contribution in [1.82, 2.24) is 24.3 Å². The summed E-state index contributed by atoms with van der Waals surface area (Å²) in [5, 5.41) is 4.36. The smallest absolute Gasteiger partial charge is 0.405 e. The van der Waals surface area contributed by atoms with Crippen LogP contribution >= 0.6 is 0 Å². The minimum atomic E-state index is -4.49. The van der Waals surface area contributed by atoms with Crippen LogP contribution in [0.1, 0.15) is 32.2 Å². The second kappa shape index (κ2) is 11.8. The molecule has 12 heteroatoms. The van der Waals surface area contributed by atoms with Gasteiger partial charge in [-0.25, -0.2) is 14.8 Å². The molecule has 0 saturated carbocycles. The first-order valence-corrected chi connectivity index (χ1v) is 16.0. The molecular formula is C29H33F3N6O2Si. The van der Waals surface area contributed by atoms with Crippen molar-refractivity contribution in [2.24, 2.45) is 0 Å². The van der Waals surface area contributed by atoms with Gasteiger partial charge in [0.05, 0.1) is 18.5 Å². The first-order valence-electron chi connectivity index (χ1n) is 13.1. The number of alkyl halides is 3. The number of pyridine rings is 1. The lowest BCUT2D eigenvalue weighted by Gasteiger charge is -2.36. The van der Waals surface area contributed by atoms with Crippen LogP contribution < -0.4 is 10.6 Å². The molecule has 0 spiro atoms. The van der Waals surface area contributed by atoms with Gasteiger partial charge >= 0.3 is 12.2 Å². The van der Waals surface area contributed by atoms with Crippen LogP contribution in [-0.4, -0.2) is 52.6 Å². The average Bonchev–Trinajstić information content (AvgIpc) is 3.52. The third-order valence-corrected chi connectivity index (χ3v) is 11.6. The SMILES string of the molecule is CC(C)(C)[Si](C)(C)OCCn1ccnc1C#Cc1ccn2c(-c3cccc(NC(=O)NCC(F)(F)F)c3)cnc2c1. The topological polar surface area (TPSA) is 85.5 Å².